The fraction of sp³-hybridized carbons (Fsp3) is 0.500. The van der Waals surface area contributed by atoms with Crippen LogP contribution in [-0.4, -0.2) is 47.4 Å². The van der Waals surface area contributed by atoms with E-state index in [1.807, 2.05) is 31.2 Å². The molecule has 1 N–H and O–H groups in total. The molecule has 2 aliphatic rings. The molecule has 2 saturated heterocycles. The zero-order valence-corrected chi connectivity index (χ0v) is 13.8. The molecule has 128 valence electrons. The molecule has 1 aromatic rings. The monoisotopic (exact) mass is 330 g/mol. The van der Waals surface area contributed by atoms with Crippen LogP contribution in [0.4, 0.5) is 5.69 Å². The minimum Gasteiger partial charge on any atom is -0.481 e. The van der Waals surface area contributed by atoms with E-state index >= 15 is 0 Å². The Labute approximate surface area is 141 Å². The number of carbonyl (C=O) groups excluding carboxylic acids is 2. The van der Waals surface area contributed by atoms with Gasteiger partial charge in [-0.15, -0.1) is 0 Å². The van der Waals surface area contributed by atoms with E-state index in [4.69, 9.17) is 5.11 Å². The number of carboxylic acid groups (broad SMARTS) is 1. The lowest BCUT2D eigenvalue weighted by Crippen LogP contribution is -2.43. The molecule has 2 aliphatic heterocycles. The third kappa shape index (κ3) is 3.27. The smallest absolute Gasteiger partial charge is 0.306 e. The zero-order valence-electron chi connectivity index (χ0n) is 13.8. The van der Waals surface area contributed by atoms with Crippen LogP contribution in [0.2, 0.25) is 0 Å². The van der Waals surface area contributed by atoms with Gasteiger partial charge in [0.05, 0.1) is 11.8 Å². The Bertz CT molecular complexity index is 647. The average Bonchev–Trinajstić information content (AvgIpc) is 2.97. The number of benzene rings is 1. The molecule has 0 saturated carbocycles. The van der Waals surface area contributed by atoms with Crippen molar-refractivity contribution in [3.8, 4) is 0 Å². The van der Waals surface area contributed by atoms with Gasteiger partial charge < -0.3 is 14.9 Å². The normalized spacial score (nSPS) is 22.0. The molecule has 1 aromatic carbocycles. The van der Waals surface area contributed by atoms with Crippen molar-refractivity contribution in [3.05, 3.63) is 29.8 Å². The summed E-state index contributed by atoms with van der Waals surface area (Å²) >= 11 is 0. The van der Waals surface area contributed by atoms with Crippen molar-refractivity contribution in [2.75, 3.05) is 24.5 Å². The molecule has 0 bridgehead atoms. The van der Waals surface area contributed by atoms with Gasteiger partial charge in [-0.25, -0.2) is 0 Å². The summed E-state index contributed by atoms with van der Waals surface area (Å²) in [6.07, 6.45) is 1.21. The predicted molar refractivity (Wildman–Crippen MR) is 88.6 cm³/mol. The second-order valence-corrected chi connectivity index (χ2v) is 6.68. The van der Waals surface area contributed by atoms with Crippen molar-refractivity contribution in [3.63, 3.8) is 0 Å². The largest absolute Gasteiger partial charge is 0.481 e. The molecule has 24 heavy (non-hydrogen) atoms. The molecule has 0 aliphatic carbocycles. The molecule has 2 heterocycles. The standard InChI is InChI=1S/C18H22N2O4/c1-12-2-4-15(5-3-12)20-11-14(10-16(20)21)17(22)19-8-6-13(7-9-19)18(23)24/h2-5,13-14H,6-11H2,1H3,(H,23,24). The lowest BCUT2D eigenvalue weighted by Gasteiger charge is -2.31. The number of carbonyl (C=O) groups is 3. The van der Waals surface area contributed by atoms with Gasteiger partial charge in [0.25, 0.3) is 0 Å². The highest BCUT2D eigenvalue weighted by atomic mass is 16.4. The minimum absolute atomic E-state index is 0.0261. The molecule has 0 radical (unpaired) electrons. The lowest BCUT2D eigenvalue weighted by atomic mass is 9.95. The van der Waals surface area contributed by atoms with Crippen LogP contribution >= 0.6 is 0 Å². The number of piperidine rings is 1. The second-order valence-electron chi connectivity index (χ2n) is 6.68. The third-order valence-corrected chi connectivity index (χ3v) is 4.98. The molecule has 6 nitrogen and oxygen atoms in total. The van der Waals surface area contributed by atoms with Gasteiger partial charge in [-0.2, -0.15) is 0 Å². The number of hydrogen-bond acceptors (Lipinski definition) is 3. The summed E-state index contributed by atoms with van der Waals surface area (Å²) in [5.41, 5.74) is 1.95. The van der Waals surface area contributed by atoms with Gasteiger partial charge >= 0.3 is 5.97 Å². The maximum Gasteiger partial charge on any atom is 0.306 e. The van der Waals surface area contributed by atoms with Crippen LogP contribution in [0.25, 0.3) is 0 Å². The zero-order chi connectivity index (χ0) is 17.3. The molecule has 6 heteroatoms. The quantitative estimate of drug-likeness (QED) is 0.914. The number of hydrogen-bond donors (Lipinski definition) is 1. The fourth-order valence-electron chi connectivity index (χ4n) is 3.45. The Hall–Kier alpha value is -2.37. The maximum absolute atomic E-state index is 12.7. The fourth-order valence-corrected chi connectivity index (χ4v) is 3.45. The van der Waals surface area contributed by atoms with Crippen molar-refractivity contribution < 1.29 is 19.5 Å². The van der Waals surface area contributed by atoms with Crippen LogP contribution in [0.5, 0.6) is 0 Å². The Kier molecular flexibility index (Phi) is 4.55. The summed E-state index contributed by atoms with van der Waals surface area (Å²) in [6.45, 7) is 3.32. The van der Waals surface area contributed by atoms with E-state index < -0.39 is 5.97 Å². The highest BCUT2D eigenvalue weighted by Crippen LogP contribution is 2.28. The van der Waals surface area contributed by atoms with Gasteiger partial charge in [0.15, 0.2) is 0 Å². The minimum atomic E-state index is -0.788. The Morgan fingerprint density at radius 2 is 1.71 bits per heavy atom. The van der Waals surface area contributed by atoms with Gasteiger partial charge in [0.1, 0.15) is 0 Å². The second kappa shape index (κ2) is 6.63. The van der Waals surface area contributed by atoms with Crippen molar-refractivity contribution in [1.82, 2.24) is 4.90 Å². The number of amides is 2. The Morgan fingerprint density at radius 3 is 2.29 bits per heavy atom. The first kappa shape index (κ1) is 16.5. The number of aliphatic carboxylic acids is 1. The summed E-state index contributed by atoms with van der Waals surface area (Å²) in [7, 11) is 0. The van der Waals surface area contributed by atoms with Crippen molar-refractivity contribution >= 4 is 23.5 Å². The van der Waals surface area contributed by atoms with Crippen molar-refractivity contribution in [2.45, 2.75) is 26.2 Å². The van der Waals surface area contributed by atoms with E-state index in [0.717, 1.165) is 11.3 Å². The molecule has 2 fully saturated rings. The van der Waals surface area contributed by atoms with Crippen LogP contribution in [0.15, 0.2) is 24.3 Å². The molecule has 1 atom stereocenters. The van der Waals surface area contributed by atoms with E-state index in [1.165, 1.54) is 0 Å². The SMILES string of the molecule is Cc1ccc(N2CC(C(=O)N3CCC(C(=O)O)CC3)CC2=O)cc1. The number of anilines is 1. The molecule has 0 spiro atoms. The van der Waals surface area contributed by atoms with Gasteiger partial charge in [0, 0.05) is 31.7 Å². The molecule has 1 unspecified atom stereocenters. The average molecular weight is 330 g/mol. The third-order valence-electron chi connectivity index (χ3n) is 4.98. The lowest BCUT2D eigenvalue weighted by molar-refractivity contribution is -0.146. The van der Waals surface area contributed by atoms with Gasteiger partial charge in [-0.3, -0.25) is 14.4 Å². The Balaban J connectivity index is 1.62. The Morgan fingerprint density at radius 1 is 1.08 bits per heavy atom. The number of carboxylic acids is 1. The van der Waals surface area contributed by atoms with E-state index in [0.29, 0.717) is 32.5 Å². The molecule has 2 amide bonds. The van der Waals surface area contributed by atoms with Crippen LogP contribution < -0.4 is 4.90 Å². The maximum atomic E-state index is 12.7. The van der Waals surface area contributed by atoms with Crippen molar-refractivity contribution in [2.24, 2.45) is 11.8 Å². The summed E-state index contributed by atoms with van der Waals surface area (Å²) in [5, 5.41) is 9.03. The predicted octanol–water partition coefficient (Wildman–Crippen LogP) is 1.67. The van der Waals surface area contributed by atoms with Gasteiger partial charge in [-0.1, -0.05) is 17.7 Å². The van der Waals surface area contributed by atoms with Crippen molar-refractivity contribution in [1.29, 1.82) is 0 Å². The number of nitrogens with zero attached hydrogens (tertiary/aromatic N) is 2. The van der Waals surface area contributed by atoms with E-state index in [9.17, 15) is 14.4 Å². The van der Waals surface area contributed by atoms with Crippen LogP contribution in [0, 0.1) is 18.8 Å². The van der Waals surface area contributed by atoms with Gasteiger partial charge in [0.2, 0.25) is 11.8 Å². The van der Waals surface area contributed by atoms with E-state index in [1.54, 1.807) is 9.80 Å². The number of aryl methyl sites for hydroxylation is 1. The summed E-state index contributed by atoms with van der Waals surface area (Å²) < 4.78 is 0. The first-order chi connectivity index (χ1) is 11.5. The summed E-state index contributed by atoms with van der Waals surface area (Å²) in [4.78, 5) is 39.3. The van der Waals surface area contributed by atoms with Crippen LogP contribution in [-0.2, 0) is 14.4 Å². The highest BCUT2D eigenvalue weighted by Gasteiger charge is 2.38. The molecular formula is C18H22N2O4. The topological polar surface area (TPSA) is 77.9 Å². The van der Waals surface area contributed by atoms with Crippen LogP contribution in [0.1, 0.15) is 24.8 Å². The van der Waals surface area contributed by atoms with Gasteiger partial charge in [-0.05, 0) is 31.9 Å². The summed E-state index contributed by atoms with van der Waals surface area (Å²) in [5.74, 6) is -1.54. The molecular weight excluding hydrogens is 308 g/mol. The molecule has 3 rings (SSSR count). The molecule has 0 aromatic heterocycles. The number of rotatable bonds is 3. The summed E-state index contributed by atoms with van der Waals surface area (Å²) in [6, 6.07) is 7.71. The van der Waals surface area contributed by atoms with E-state index in [-0.39, 0.29) is 30.1 Å². The highest BCUT2D eigenvalue weighted by molar-refractivity contribution is 6.00. The first-order valence-electron chi connectivity index (χ1n) is 8.34. The van der Waals surface area contributed by atoms with E-state index in [2.05, 4.69) is 0 Å². The number of likely N-dealkylation sites (tertiary alicyclic amines) is 1. The first-order valence-corrected chi connectivity index (χ1v) is 8.34. The van der Waals surface area contributed by atoms with Crippen LogP contribution in [0.3, 0.4) is 0 Å².